The highest BCUT2D eigenvalue weighted by molar-refractivity contribution is 6.00. The van der Waals surface area contributed by atoms with Crippen LogP contribution in [0.25, 0.3) is 0 Å². The Morgan fingerprint density at radius 3 is 2.57 bits per heavy atom. The van der Waals surface area contributed by atoms with Crippen LogP contribution in [0.2, 0.25) is 0 Å². The molecule has 1 atom stereocenters. The summed E-state index contributed by atoms with van der Waals surface area (Å²) >= 11 is 0. The number of halogens is 1. The summed E-state index contributed by atoms with van der Waals surface area (Å²) < 4.78 is 23.4. The van der Waals surface area contributed by atoms with E-state index in [1.165, 1.54) is 42.5 Å². The molecule has 0 saturated carbocycles. The zero-order valence-electron chi connectivity index (χ0n) is 15.5. The Hall–Kier alpha value is -3.42. The van der Waals surface area contributed by atoms with Crippen molar-refractivity contribution in [3.8, 4) is 11.5 Å². The molecule has 0 spiro atoms. The maximum atomic E-state index is 13.0. The molecule has 0 aromatic heterocycles. The first-order chi connectivity index (χ1) is 13.5. The van der Waals surface area contributed by atoms with Gasteiger partial charge in [-0.15, -0.1) is 0 Å². The molecule has 2 aromatic carbocycles. The quantitative estimate of drug-likeness (QED) is 0.611. The molecule has 1 N–H and O–H groups in total. The normalized spacial score (nSPS) is 16.5. The maximum Gasteiger partial charge on any atom is 0.245 e. The fraction of sp³-hybridized carbons (Fsp3) is 0.250. The van der Waals surface area contributed by atoms with Gasteiger partial charge in [-0.25, -0.2) is 9.82 Å². The van der Waals surface area contributed by atoms with Crippen molar-refractivity contribution in [3.63, 3.8) is 0 Å². The van der Waals surface area contributed by atoms with E-state index in [-0.39, 0.29) is 30.6 Å². The molecule has 0 bridgehead atoms. The molecule has 2 amide bonds. The number of benzene rings is 2. The molecule has 0 unspecified atom stereocenters. The second kappa shape index (κ2) is 8.51. The lowest BCUT2D eigenvalue weighted by Crippen LogP contribution is -2.30. The summed E-state index contributed by atoms with van der Waals surface area (Å²) in [5.41, 5.74) is 3.74. The van der Waals surface area contributed by atoms with Crippen LogP contribution in [0, 0.1) is 11.7 Å². The van der Waals surface area contributed by atoms with Crippen molar-refractivity contribution in [2.24, 2.45) is 11.0 Å². The molecule has 3 rings (SSSR count). The van der Waals surface area contributed by atoms with E-state index in [1.54, 1.807) is 25.3 Å². The minimum atomic E-state index is -0.528. The predicted octanol–water partition coefficient (Wildman–Crippen LogP) is 2.35. The third kappa shape index (κ3) is 4.28. The third-order valence-corrected chi connectivity index (χ3v) is 4.43. The minimum Gasteiger partial charge on any atom is -0.493 e. The van der Waals surface area contributed by atoms with Gasteiger partial charge in [0.2, 0.25) is 11.8 Å². The molecule has 2 aromatic rings. The molecule has 28 heavy (non-hydrogen) atoms. The van der Waals surface area contributed by atoms with E-state index in [4.69, 9.17) is 9.47 Å². The van der Waals surface area contributed by atoms with Gasteiger partial charge in [0.05, 0.1) is 26.4 Å². The number of amides is 2. The monoisotopic (exact) mass is 385 g/mol. The number of nitrogens with one attached hydrogen (secondary N) is 1. The fourth-order valence-corrected chi connectivity index (χ4v) is 2.95. The van der Waals surface area contributed by atoms with Gasteiger partial charge < -0.3 is 14.4 Å². The van der Waals surface area contributed by atoms with Crippen LogP contribution in [0.1, 0.15) is 12.0 Å². The van der Waals surface area contributed by atoms with Gasteiger partial charge in [-0.2, -0.15) is 5.10 Å². The molecule has 1 saturated heterocycles. The highest BCUT2D eigenvalue weighted by Crippen LogP contribution is 2.27. The summed E-state index contributed by atoms with van der Waals surface area (Å²) in [5.74, 6) is -0.303. The smallest absolute Gasteiger partial charge is 0.245 e. The van der Waals surface area contributed by atoms with E-state index < -0.39 is 5.92 Å². The van der Waals surface area contributed by atoms with E-state index in [1.807, 2.05) is 0 Å². The molecule has 0 radical (unpaired) electrons. The number of hydrazone groups is 1. The lowest BCUT2D eigenvalue weighted by molar-refractivity contribution is -0.126. The number of carbonyl (C=O) groups excluding carboxylic acids is 2. The number of carbonyl (C=O) groups is 2. The van der Waals surface area contributed by atoms with Crippen molar-refractivity contribution >= 4 is 23.7 Å². The number of hydrogen-bond donors (Lipinski definition) is 1. The molecule has 1 aliphatic heterocycles. The largest absolute Gasteiger partial charge is 0.493 e. The summed E-state index contributed by atoms with van der Waals surface area (Å²) in [6.07, 6.45) is 1.56. The van der Waals surface area contributed by atoms with Gasteiger partial charge in [0.15, 0.2) is 11.5 Å². The summed E-state index contributed by atoms with van der Waals surface area (Å²) in [6.45, 7) is 0.224. The molecule has 0 aliphatic carbocycles. The first-order valence-electron chi connectivity index (χ1n) is 8.62. The molecule has 7 nitrogen and oxygen atoms in total. The van der Waals surface area contributed by atoms with Crippen LogP contribution in [0.3, 0.4) is 0 Å². The molecule has 1 fully saturated rings. The highest BCUT2D eigenvalue weighted by Gasteiger charge is 2.35. The van der Waals surface area contributed by atoms with E-state index in [9.17, 15) is 14.0 Å². The summed E-state index contributed by atoms with van der Waals surface area (Å²) in [4.78, 5) is 26.0. The van der Waals surface area contributed by atoms with E-state index in [0.29, 0.717) is 22.7 Å². The number of ether oxygens (including phenoxy) is 2. The van der Waals surface area contributed by atoms with Crippen molar-refractivity contribution < 1.29 is 23.5 Å². The van der Waals surface area contributed by atoms with Gasteiger partial charge in [-0.05, 0) is 48.0 Å². The minimum absolute atomic E-state index is 0.0785. The van der Waals surface area contributed by atoms with Crippen LogP contribution in [0.4, 0.5) is 10.1 Å². The van der Waals surface area contributed by atoms with Crippen molar-refractivity contribution in [1.82, 2.24) is 5.43 Å². The maximum absolute atomic E-state index is 13.0. The average molecular weight is 385 g/mol. The van der Waals surface area contributed by atoms with Gasteiger partial charge in [0, 0.05) is 18.7 Å². The van der Waals surface area contributed by atoms with Gasteiger partial charge >= 0.3 is 0 Å². The summed E-state index contributed by atoms with van der Waals surface area (Å²) in [5, 5.41) is 3.95. The van der Waals surface area contributed by atoms with Gasteiger partial charge in [-0.1, -0.05) is 0 Å². The van der Waals surface area contributed by atoms with E-state index in [2.05, 4.69) is 10.5 Å². The zero-order valence-corrected chi connectivity index (χ0v) is 15.5. The Bertz CT molecular complexity index is 899. The zero-order chi connectivity index (χ0) is 20.1. The second-order valence-electron chi connectivity index (χ2n) is 6.23. The first kappa shape index (κ1) is 19.3. The molecular weight excluding hydrogens is 365 g/mol. The third-order valence-electron chi connectivity index (χ3n) is 4.43. The second-order valence-corrected chi connectivity index (χ2v) is 6.23. The van der Waals surface area contributed by atoms with Crippen molar-refractivity contribution in [3.05, 3.63) is 53.8 Å². The van der Waals surface area contributed by atoms with Crippen LogP contribution in [-0.4, -0.2) is 38.8 Å². The molecule has 1 heterocycles. The van der Waals surface area contributed by atoms with Crippen LogP contribution in [0.15, 0.2) is 47.6 Å². The molecule has 1 aliphatic rings. The lowest BCUT2D eigenvalue weighted by atomic mass is 10.1. The molecule has 8 heteroatoms. The van der Waals surface area contributed by atoms with E-state index >= 15 is 0 Å². The number of hydrogen-bond acceptors (Lipinski definition) is 5. The van der Waals surface area contributed by atoms with Crippen LogP contribution < -0.4 is 19.8 Å². The standard InChI is InChI=1S/C20H20FN3O4/c1-27-17-8-3-13(9-18(17)28-2)11-22-23-20(26)14-10-19(25)24(12-14)16-6-4-15(21)5-7-16/h3-9,11,14H,10,12H2,1-2H3,(H,23,26)/b22-11-/t14-/m1/s1. The Morgan fingerprint density at radius 1 is 1.18 bits per heavy atom. The lowest BCUT2D eigenvalue weighted by Gasteiger charge is -2.16. The first-order valence-corrected chi connectivity index (χ1v) is 8.62. The van der Waals surface area contributed by atoms with Crippen molar-refractivity contribution in [1.29, 1.82) is 0 Å². The Morgan fingerprint density at radius 2 is 1.89 bits per heavy atom. The summed E-state index contributed by atoms with van der Waals surface area (Å²) in [6, 6.07) is 10.8. The van der Waals surface area contributed by atoms with Crippen molar-refractivity contribution in [2.45, 2.75) is 6.42 Å². The van der Waals surface area contributed by atoms with Gasteiger partial charge in [0.25, 0.3) is 0 Å². The number of rotatable bonds is 6. The topological polar surface area (TPSA) is 80.2 Å². The Balaban J connectivity index is 1.60. The predicted molar refractivity (Wildman–Crippen MR) is 102 cm³/mol. The summed E-state index contributed by atoms with van der Waals surface area (Å²) in [7, 11) is 3.08. The van der Waals surface area contributed by atoms with Crippen LogP contribution >= 0.6 is 0 Å². The van der Waals surface area contributed by atoms with E-state index in [0.717, 1.165) is 0 Å². The van der Waals surface area contributed by atoms with Crippen molar-refractivity contribution in [2.75, 3.05) is 25.7 Å². The molecular formula is C20H20FN3O4. The fourth-order valence-electron chi connectivity index (χ4n) is 2.95. The average Bonchev–Trinajstić information content (AvgIpc) is 3.10. The van der Waals surface area contributed by atoms with Crippen LogP contribution in [-0.2, 0) is 9.59 Å². The number of methoxy groups -OCH3 is 2. The van der Waals surface area contributed by atoms with Gasteiger partial charge in [-0.3, -0.25) is 9.59 Å². The highest BCUT2D eigenvalue weighted by atomic mass is 19.1. The number of nitrogens with zero attached hydrogens (tertiary/aromatic N) is 2. The Labute approximate surface area is 161 Å². The SMILES string of the molecule is COc1ccc(/C=N\NC(=O)[C@@H]2CC(=O)N(c3ccc(F)cc3)C2)cc1OC. The van der Waals surface area contributed by atoms with Crippen LogP contribution in [0.5, 0.6) is 11.5 Å². The Kier molecular flexibility index (Phi) is 5.88. The molecule has 146 valence electrons. The van der Waals surface area contributed by atoms with Gasteiger partial charge in [0.1, 0.15) is 5.82 Å². The number of anilines is 1.